The van der Waals surface area contributed by atoms with E-state index in [0.717, 1.165) is 41.8 Å². The van der Waals surface area contributed by atoms with E-state index in [2.05, 4.69) is 9.80 Å². The third-order valence-electron chi connectivity index (χ3n) is 5.62. The van der Waals surface area contributed by atoms with Crippen LogP contribution in [0.15, 0.2) is 29.2 Å². The molecule has 1 aromatic carbocycles. The summed E-state index contributed by atoms with van der Waals surface area (Å²) in [5.41, 5.74) is 0. The van der Waals surface area contributed by atoms with E-state index in [0.29, 0.717) is 0 Å². The highest BCUT2D eigenvalue weighted by Crippen LogP contribution is 2.27. The Balaban J connectivity index is 1.43. The molecule has 1 unspecified atom stereocenters. The Morgan fingerprint density at radius 3 is 2.31 bits per heavy atom. The van der Waals surface area contributed by atoms with Gasteiger partial charge in [0.25, 0.3) is 0 Å². The first kappa shape index (κ1) is 20.0. The van der Waals surface area contributed by atoms with Crippen molar-refractivity contribution >= 4 is 29.3 Å². The number of thioether (sulfide) groups is 1. The number of nitrogens with zero attached hydrogens (tertiary/aromatic N) is 2. The van der Waals surface area contributed by atoms with Crippen LogP contribution in [0.2, 0.25) is 5.02 Å². The van der Waals surface area contributed by atoms with Crippen LogP contribution >= 0.6 is 23.4 Å². The zero-order valence-corrected chi connectivity index (χ0v) is 17.4. The van der Waals surface area contributed by atoms with Gasteiger partial charge in [-0.25, -0.2) is 0 Å². The SMILES string of the molecule is CC(Sc1ccc(Cl)cc1)C(=O)N1CCC(CN2CCCCCC2)CC1. The summed E-state index contributed by atoms with van der Waals surface area (Å²) in [6.07, 6.45) is 7.81. The van der Waals surface area contributed by atoms with E-state index in [4.69, 9.17) is 11.6 Å². The third kappa shape index (κ3) is 5.90. The van der Waals surface area contributed by atoms with Crippen LogP contribution < -0.4 is 0 Å². The second-order valence-electron chi connectivity index (χ2n) is 7.70. The summed E-state index contributed by atoms with van der Waals surface area (Å²) in [7, 11) is 0. The minimum absolute atomic E-state index is 0.0432. The second kappa shape index (κ2) is 10.0. The number of piperidine rings is 1. The van der Waals surface area contributed by atoms with Crippen molar-refractivity contribution in [2.45, 2.75) is 55.6 Å². The van der Waals surface area contributed by atoms with E-state index < -0.39 is 0 Å². The zero-order valence-electron chi connectivity index (χ0n) is 15.8. The maximum atomic E-state index is 12.8. The third-order valence-corrected chi connectivity index (χ3v) is 6.97. The van der Waals surface area contributed by atoms with Gasteiger partial charge in [0.1, 0.15) is 0 Å². The molecule has 2 heterocycles. The number of hydrogen-bond donors (Lipinski definition) is 0. The molecule has 1 aromatic rings. The lowest BCUT2D eigenvalue weighted by molar-refractivity contribution is -0.131. The van der Waals surface area contributed by atoms with Gasteiger partial charge in [0, 0.05) is 29.6 Å². The van der Waals surface area contributed by atoms with Gasteiger partial charge in [0.05, 0.1) is 5.25 Å². The van der Waals surface area contributed by atoms with E-state index in [1.165, 1.54) is 45.3 Å². The van der Waals surface area contributed by atoms with E-state index >= 15 is 0 Å². The van der Waals surface area contributed by atoms with Crippen molar-refractivity contribution in [3.05, 3.63) is 29.3 Å². The summed E-state index contributed by atoms with van der Waals surface area (Å²) in [6.45, 7) is 7.63. The van der Waals surface area contributed by atoms with Crippen LogP contribution in [0.5, 0.6) is 0 Å². The molecule has 2 fully saturated rings. The zero-order chi connectivity index (χ0) is 18.4. The first-order chi connectivity index (χ1) is 12.6. The quantitative estimate of drug-likeness (QED) is 0.661. The number of hydrogen-bond acceptors (Lipinski definition) is 3. The van der Waals surface area contributed by atoms with Crippen molar-refractivity contribution in [3.63, 3.8) is 0 Å². The van der Waals surface area contributed by atoms with Gasteiger partial charge in [-0.3, -0.25) is 4.79 Å². The molecule has 2 aliphatic heterocycles. The van der Waals surface area contributed by atoms with E-state index in [1.807, 2.05) is 31.2 Å². The monoisotopic (exact) mass is 394 g/mol. The van der Waals surface area contributed by atoms with Gasteiger partial charge in [-0.1, -0.05) is 24.4 Å². The number of amides is 1. The van der Waals surface area contributed by atoms with Gasteiger partial charge in [-0.2, -0.15) is 0 Å². The van der Waals surface area contributed by atoms with Gasteiger partial charge < -0.3 is 9.80 Å². The first-order valence-corrected chi connectivity index (χ1v) is 11.3. The normalized spacial score (nSPS) is 21.4. The molecule has 2 saturated heterocycles. The van der Waals surface area contributed by atoms with Crippen LogP contribution in [0.4, 0.5) is 0 Å². The highest BCUT2D eigenvalue weighted by molar-refractivity contribution is 8.00. The molecular weight excluding hydrogens is 364 g/mol. The summed E-state index contributed by atoms with van der Waals surface area (Å²) in [4.78, 5) is 18.6. The lowest BCUT2D eigenvalue weighted by atomic mass is 9.96. The Labute approximate surface area is 167 Å². The van der Waals surface area contributed by atoms with Crippen LogP contribution in [0, 0.1) is 5.92 Å². The van der Waals surface area contributed by atoms with Crippen molar-refractivity contribution in [2.24, 2.45) is 5.92 Å². The predicted molar refractivity (Wildman–Crippen MR) is 111 cm³/mol. The second-order valence-corrected chi connectivity index (χ2v) is 9.55. The minimum atomic E-state index is -0.0432. The molecule has 5 heteroatoms. The molecule has 0 saturated carbocycles. The molecule has 0 spiro atoms. The fourth-order valence-electron chi connectivity index (χ4n) is 4.04. The van der Waals surface area contributed by atoms with Crippen LogP contribution in [0.25, 0.3) is 0 Å². The molecule has 1 atom stereocenters. The fraction of sp³-hybridized carbons (Fsp3) is 0.667. The van der Waals surface area contributed by atoms with Gasteiger partial charge in [-0.05, 0) is 75.9 Å². The van der Waals surface area contributed by atoms with Crippen molar-refractivity contribution < 1.29 is 4.79 Å². The summed E-state index contributed by atoms with van der Waals surface area (Å²) in [5, 5.41) is 0.693. The number of benzene rings is 1. The molecule has 0 N–H and O–H groups in total. The van der Waals surface area contributed by atoms with Gasteiger partial charge in [-0.15, -0.1) is 11.8 Å². The van der Waals surface area contributed by atoms with Gasteiger partial charge in [0.15, 0.2) is 0 Å². The van der Waals surface area contributed by atoms with Gasteiger partial charge in [0.2, 0.25) is 5.91 Å². The van der Waals surface area contributed by atoms with Crippen molar-refractivity contribution in [1.82, 2.24) is 9.80 Å². The Kier molecular flexibility index (Phi) is 7.71. The van der Waals surface area contributed by atoms with Crippen LogP contribution in [-0.2, 0) is 4.79 Å². The smallest absolute Gasteiger partial charge is 0.235 e. The molecule has 3 rings (SSSR count). The lowest BCUT2D eigenvalue weighted by Gasteiger charge is -2.35. The standard InChI is InChI=1S/C21H31ClN2OS/c1-17(26-20-8-6-19(22)7-9-20)21(25)24-14-10-18(11-15-24)16-23-12-4-2-3-5-13-23/h6-9,17-18H,2-5,10-16H2,1H3. The molecule has 0 radical (unpaired) electrons. The molecule has 1 amide bonds. The average Bonchev–Trinajstić information content (AvgIpc) is 2.92. The predicted octanol–water partition coefficient (Wildman–Crippen LogP) is 4.94. The maximum absolute atomic E-state index is 12.8. The number of carbonyl (C=O) groups is 1. The Morgan fingerprint density at radius 1 is 1.08 bits per heavy atom. The highest BCUT2D eigenvalue weighted by atomic mass is 35.5. The number of likely N-dealkylation sites (tertiary alicyclic amines) is 2. The molecule has 0 aliphatic carbocycles. The number of halogens is 1. The van der Waals surface area contributed by atoms with Crippen molar-refractivity contribution in [3.8, 4) is 0 Å². The van der Waals surface area contributed by atoms with Crippen molar-refractivity contribution in [1.29, 1.82) is 0 Å². The molecule has 0 bridgehead atoms. The minimum Gasteiger partial charge on any atom is -0.342 e. The Hall–Kier alpha value is -0.710. The van der Waals surface area contributed by atoms with Crippen LogP contribution in [0.1, 0.15) is 45.4 Å². The number of rotatable bonds is 5. The summed E-state index contributed by atoms with van der Waals surface area (Å²) < 4.78 is 0. The maximum Gasteiger partial charge on any atom is 0.235 e. The van der Waals surface area contributed by atoms with E-state index in [1.54, 1.807) is 11.8 Å². The largest absolute Gasteiger partial charge is 0.342 e. The molecular formula is C21H31ClN2OS. The molecule has 3 nitrogen and oxygen atoms in total. The van der Waals surface area contributed by atoms with Crippen LogP contribution in [-0.4, -0.2) is 53.7 Å². The van der Waals surface area contributed by atoms with Gasteiger partial charge >= 0.3 is 0 Å². The highest BCUT2D eigenvalue weighted by Gasteiger charge is 2.27. The summed E-state index contributed by atoms with van der Waals surface area (Å²) in [6, 6.07) is 7.75. The average molecular weight is 395 g/mol. The first-order valence-electron chi connectivity index (χ1n) is 10.0. The Bertz CT molecular complexity index is 564. The van der Waals surface area contributed by atoms with Crippen molar-refractivity contribution in [2.75, 3.05) is 32.7 Å². The topological polar surface area (TPSA) is 23.6 Å². The van der Waals surface area contributed by atoms with Crippen LogP contribution in [0.3, 0.4) is 0 Å². The molecule has 26 heavy (non-hydrogen) atoms. The molecule has 144 valence electrons. The molecule has 2 aliphatic rings. The summed E-state index contributed by atoms with van der Waals surface area (Å²) >= 11 is 7.56. The lowest BCUT2D eigenvalue weighted by Crippen LogP contribution is -2.44. The van der Waals surface area contributed by atoms with E-state index in [9.17, 15) is 4.79 Å². The van der Waals surface area contributed by atoms with E-state index in [-0.39, 0.29) is 11.2 Å². The Morgan fingerprint density at radius 2 is 1.69 bits per heavy atom. The summed E-state index contributed by atoms with van der Waals surface area (Å²) in [5.74, 6) is 1.04. The molecule has 0 aromatic heterocycles. The fourth-order valence-corrected chi connectivity index (χ4v) is 5.12. The number of carbonyl (C=O) groups excluding carboxylic acids is 1.